The van der Waals surface area contributed by atoms with E-state index in [2.05, 4.69) is 10.1 Å². The molecule has 7 nitrogen and oxygen atoms in total. The maximum absolute atomic E-state index is 11.9. The summed E-state index contributed by atoms with van der Waals surface area (Å²) in [4.78, 5) is 16.1. The van der Waals surface area contributed by atoms with Crippen molar-refractivity contribution in [1.29, 1.82) is 0 Å². The summed E-state index contributed by atoms with van der Waals surface area (Å²) in [7, 11) is 3.12. The fourth-order valence-electron chi connectivity index (χ4n) is 2.29. The first-order valence-corrected chi connectivity index (χ1v) is 8.14. The van der Waals surface area contributed by atoms with Gasteiger partial charge in [-0.05, 0) is 23.8 Å². The molecule has 0 aliphatic rings. The normalized spacial score (nSPS) is 10.7. The standard InChI is InChI=1S/C20H18N2O5/c1-24-16-10-14(11-17(12-16)25-2)8-9-19(23)26-13-18-21-20(22-27-18)15-6-4-3-5-7-15/h3-12H,13H2,1-2H3/b9-8+. The van der Waals surface area contributed by atoms with E-state index in [9.17, 15) is 4.79 Å². The number of ether oxygens (including phenoxy) is 3. The molecule has 0 spiro atoms. The molecule has 3 aromatic rings. The Morgan fingerprint density at radius 1 is 1.07 bits per heavy atom. The number of esters is 1. The molecule has 0 aliphatic heterocycles. The Bertz CT molecular complexity index is 912. The molecule has 1 aromatic heterocycles. The zero-order chi connectivity index (χ0) is 19.1. The average Bonchev–Trinajstić information content (AvgIpc) is 3.20. The van der Waals surface area contributed by atoms with Crippen molar-refractivity contribution >= 4 is 12.0 Å². The predicted molar refractivity (Wildman–Crippen MR) is 98.1 cm³/mol. The van der Waals surface area contributed by atoms with Crippen LogP contribution in [-0.4, -0.2) is 30.3 Å². The molecule has 0 aliphatic carbocycles. The van der Waals surface area contributed by atoms with Gasteiger partial charge in [0.05, 0.1) is 14.2 Å². The van der Waals surface area contributed by atoms with Crippen molar-refractivity contribution < 1.29 is 23.5 Å². The van der Waals surface area contributed by atoms with Crippen LogP contribution in [0.4, 0.5) is 0 Å². The first kappa shape index (κ1) is 18.2. The van der Waals surface area contributed by atoms with Crippen molar-refractivity contribution in [3.8, 4) is 22.9 Å². The second kappa shape index (κ2) is 8.66. The van der Waals surface area contributed by atoms with Gasteiger partial charge >= 0.3 is 5.97 Å². The number of aromatic nitrogens is 2. The second-order valence-corrected chi connectivity index (χ2v) is 5.46. The van der Waals surface area contributed by atoms with Crippen molar-refractivity contribution in [2.75, 3.05) is 14.2 Å². The van der Waals surface area contributed by atoms with Gasteiger partial charge in [0.1, 0.15) is 11.5 Å². The molecule has 138 valence electrons. The molecule has 0 N–H and O–H groups in total. The van der Waals surface area contributed by atoms with Gasteiger partial charge in [-0.15, -0.1) is 0 Å². The molecule has 0 saturated heterocycles. The highest BCUT2D eigenvalue weighted by Crippen LogP contribution is 2.23. The minimum absolute atomic E-state index is 0.107. The third kappa shape index (κ3) is 4.94. The average molecular weight is 366 g/mol. The van der Waals surface area contributed by atoms with Gasteiger partial charge in [-0.25, -0.2) is 4.79 Å². The number of hydrogen-bond acceptors (Lipinski definition) is 7. The Labute approximate surface area is 156 Å². The lowest BCUT2D eigenvalue weighted by atomic mass is 10.2. The van der Waals surface area contributed by atoms with Crippen molar-refractivity contribution in [2.24, 2.45) is 0 Å². The first-order chi connectivity index (χ1) is 13.2. The highest BCUT2D eigenvalue weighted by atomic mass is 16.6. The number of nitrogens with zero attached hydrogens (tertiary/aromatic N) is 2. The van der Waals surface area contributed by atoms with Gasteiger partial charge in [0.2, 0.25) is 5.82 Å². The summed E-state index contributed by atoms with van der Waals surface area (Å²) >= 11 is 0. The van der Waals surface area contributed by atoms with E-state index >= 15 is 0 Å². The van der Waals surface area contributed by atoms with Crippen LogP contribution in [0.15, 0.2) is 59.1 Å². The van der Waals surface area contributed by atoms with Crippen LogP contribution in [0.2, 0.25) is 0 Å². The van der Waals surface area contributed by atoms with Crippen LogP contribution in [0.1, 0.15) is 11.5 Å². The molecular formula is C20H18N2O5. The molecule has 2 aromatic carbocycles. The van der Waals surface area contributed by atoms with Crippen molar-refractivity contribution in [3.63, 3.8) is 0 Å². The van der Waals surface area contributed by atoms with E-state index in [1.165, 1.54) is 6.08 Å². The molecule has 3 rings (SSSR count). The molecule has 0 unspecified atom stereocenters. The van der Waals surface area contributed by atoms with Crippen LogP contribution < -0.4 is 9.47 Å². The molecule has 0 saturated carbocycles. The maximum atomic E-state index is 11.9. The van der Waals surface area contributed by atoms with E-state index < -0.39 is 5.97 Å². The monoisotopic (exact) mass is 366 g/mol. The van der Waals surface area contributed by atoms with Crippen LogP contribution >= 0.6 is 0 Å². The van der Waals surface area contributed by atoms with Crippen LogP contribution in [0.25, 0.3) is 17.5 Å². The first-order valence-electron chi connectivity index (χ1n) is 8.14. The lowest BCUT2D eigenvalue weighted by Crippen LogP contribution is -2.01. The van der Waals surface area contributed by atoms with Crippen molar-refractivity contribution in [3.05, 3.63) is 66.1 Å². The Kier molecular flexibility index (Phi) is 5.84. The van der Waals surface area contributed by atoms with E-state index in [1.807, 2.05) is 30.3 Å². The summed E-state index contributed by atoms with van der Waals surface area (Å²) in [5, 5.41) is 3.87. The minimum atomic E-state index is -0.531. The van der Waals surface area contributed by atoms with Crippen LogP contribution in [0.5, 0.6) is 11.5 Å². The molecule has 0 bridgehead atoms. The zero-order valence-electron chi connectivity index (χ0n) is 14.9. The van der Waals surface area contributed by atoms with Crippen LogP contribution in [0.3, 0.4) is 0 Å². The Balaban J connectivity index is 1.59. The second-order valence-electron chi connectivity index (χ2n) is 5.46. The van der Waals surface area contributed by atoms with Gasteiger partial charge in [-0.1, -0.05) is 35.5 Å². The highest BCUT2D eigenvalue weighted by molar-refractivity contribution is 5.87. The number of benzene rings is 2. The molecule has 0 radical (unpaired) electrons. The molecule has 0 amide bonds. The molecular weight excluding hydrogens is 348 g/mol. The van der Waals surface area contributed by atoms with Gasteiger partial charge in [0, 0.05) is 17.7 Å². The summed E-state index contributed by atoms with van der Waals surface area (Å²) < 4.78 is 20.6. The molecule has 27 heavy (non-hydrogen) atoms. The van der Waals surface area contributed by atoms with Gasteiger partial charge in [0.15, 0.2) is 6.61 Å². The summed E-state index contributed by atoms with van der Waals surface area (Å²) in [6.07, 6.45) is 2.92. The highest BCUT2D eigenvalue weighted by Gasteiger charge is 2.10. The Morgan fingerprint density at radius 2 is 1.78 bits per heavy atom. The minimum Gasteiger partial charge on any atom is -0.497 e. The summed E-state index contributed by atoms with van der Waals surface area (Å²) in [5.41, 5.74) is 1.57. The van der Waals surface area contributed by atoms with Crippen LogP contribution in [0, 0.1) is 0 Å². The topological polar surface area (TPSA) is 83.7 Å². The van der Waals surface area contributed by atoms with E-state index in [-0.39, 0.29) is 12.5 Å². The van der Waals surface area contributed by atoms with E-state index in [0.29, 0.717) is 17.3 Å². The zero-order valence-corrected chi connectivity index (χ0v) is 14.9. The maximum Gasteiger partial charge on any atom is 0.331 e. The van der Waals surface area contributed by atoms with Gasteiger partial charge in [-0.2, -0.15) is 4.98 Å². The van der Waals surface area contributed by atoms with E-state index in [0.717, 1.165) is 11.1 Å². The third-order valence-corrected chi connectivity index (χ3v) is 3.62. The molecule has 0 atom stereocenters. The lowest BCUT2D eigenvalue weighted by molar-refractivity contribution is -0.139. The summed E-state index contributed by atoms with van der Waals surface area (Å²) in [6, 6.07) is 14.7. The number of carbonyl (C=O) groups is 1. The van der Waals surface area contributed by atoms with Crippen LogP contribution in [-0.2, 0) is 16.1 Å². The van der Waals surface area contributed by atoms with Crippen molar-refractivity contribution in [1.82, 2.24) is 10.1 Å². The van der Waals surface area contributed by atoms with Gasteiger partial charge in [-0.3, -0.25) is 0 Å². The Morgan fingerprint density at radius 3 is 2.44 bits per heavy atom. The molecule has 7 heteroatoms. The lowest BCUT2D eigenvalue weighted by Gasteiger charge is -2.05. The Hall–Kier alpha value is -3.61. The molecule has 0 fully saturated rings. The fraction of sp³-hybridized carbons (Fsp3) is 0.150. The van der Waals surface area contributed by atoms with Gasteiger partial charge < -0.3 is 18.7 Å². The van der Waals surface area contributed by atoms with E-state index in [1.54, 1.807) is 38.5 Å². The summed E-state index contributed by atoms with van der Waals surface area (Å²) in [6.45, 7) is -0.107. The summed E-state index contributed by atoms with van der Waals surface area (Å²) in [5.74, 6) is 1.39. The number of methoxy groups -OCH3 is 2. The SMILES string of the molecule is COc1cc(/C=C/C(=O)OCc2nc(-c3ccccc3)no2)cc(OC)c1. The number of hydrogen-bond donors (Lipinski definition) is 0. The molecule has 1 heterocycles. The van der Waals surface area contributed by atoms with Crippen molar-refractivity contribution in [2.45, 2.75) is 6.61 Å². The van der Waals surface area contributed by atoms with E-state index in [4.69, 9.17) is 18.7 Å². The smallest absolute Gasteiger partial charge is 0.331 e. The van der Waals surface area contributed by atoms with Gasteiger partial charge in [0.25, 0.3) is 5.89 Å². The third-order valence-electron chi connectivity index (χ3n) is 3.62. The number of rotatable bonds is 7. The predicted octanol–water partition coefficient (Wildman–Crippen LogP) is 3.51. The fourth-order valence-corrected chi connectivity index (χ4v) is 2.29. The quantitative estimate of drug-likeness (QED) is 0.467. The largest absolute Gasteiger partial charge is 0.497 e. The number of carbonyl (C=O) groups excluding carboxylic acids is 1.